The Kier molecular flexibility index (Phi) is 6.56. The molecule has 0 aromatic heterocycles. The SMILES string of the molecule is CCC(C(=O)O)C1CCCc2cc(OCc3cccc(Oc4ccccc4)c3)ccc21. The summed E-state index contributed by atoms with van der Waals surface area (Å²) in [5.74, 6) is 1.47. The number of ether oxygens (including phenoxy) is 2. The first-order valence-electron chi connectivity index (χ1n) is 10.9. The van der Waals surface area contributed by atoms with Gasteiger partial charge in [-0.1, -0.05) is 43.3 Å². The van der Waals surface area contributed by atoms with Crippen molar-refractivity contribution < 1.29 is 19.4 Å². The van der Waals surface area contributed by atoms with Crippen molar-refractivity contribution in [3.05, 3.63) is 89.5 Å². The van der Waals surface area contributed by atoms with Crippen LogP contribution in [0.4, 0.5) is 0 Å². The highest BCUT2D eigenvalue weighted by Crippen LogP contribution is 2.39. The fourth-order valence-electron chi connectivity index (χ4n) is 4.46. The van der Waals surface area contributed by atoms with E-state index in [1.165, 1.54) is 11.1 Å². The van der Waals surface area contributed by atoms with Gasteiger partial charge in [0.25, 0.3) is 0 Å². The van der Waals surface area contributed by atoms with Crippen LogP contribution in [0.3, 0.4) is 0 Å². The van der Waals surface area contributed by atoms with Crippen molar-refractivity contribution in [2.75, 3.05) is 0 Å². The third kappa shape index (κ3) is 5.08. The number of hydrogen-bond acceptors (Lipinski definition) is 3. The third-order valence-corrected chi connectivity index (χ3v) is 6.00. The van der Waals surface area contributed by atoms with Crippen LogP contribution in [-0.4, -0.2) is 11.1 Å². The van der Waals surface area contributed by atoms with Gasteiger partial charge >= 0.3 is 5.97 Å². The zero-order valence-corrected chi connectivity index (χ0v) is 17.8. The molecule has 0 amide bonds. The number of hydrogen-bond donors (Lipinski definition) is 1. The van der Waals surface area contributed by atoms with Crippen LogP contribution in [0, 0.1) is 5.92 Å². The lowest BCUT2D eigenvalue weighted by Crippen LogP contribution is -2.24. The maximum atomic E-state index is 11.7. The quantitative estimate of drug-likeness (QED) is 0.450. The molecule has 0 heterocycles. The molecule has 4 rings (SSSR count). The van der Waals surface area contributed by atoms with E-state index < -0.39 is 5.97 Å². The molecule has 0 saturated carbocycles. The number of rotatable bonds is 8. The van der Waals surface area contributed by atoms with E-state index in [1.54, 1.807) is 0 Å². The summed E-state index contributed by atoms with van der Waals surface area (Å²) in [6, 6.07) is 23.7. The third-order valence-electron chi connectivity index (χ3n) is 6.00. The van der Waals surface area contributed by atoms with Gasteiger partial charge in [-0.25, -0.2) is 0 Å². The molecule has 0 aliphatic heterocycles. The average Bonchev–Trinajstić information content (AvgIpc) is 2.79. The molecule has 160 valence electrons. The number of fused-ring (bicyclic) bond motifs is 1. The molecule has 31 heavy (non-hydrogen) atoms. The molecule has 4 heteroatoms. The van der Waals surface area contributed by atoms with Gasteiger partial charge in [0.1, 0.15) is 23.9 Å². The summed E-state index contributed by atoms with van der Waals surface area (Å²) in [6.45, 7) is 2.40. The summed E-state index contributed by atoms with van der Waals surface area (Å²) < 4.78 is 12.0. The molecule has 0 spiro atoms. The lowest BCUT2D eigenvalue weighted by Gasteiger charge is -2.30. The van der Waals surface area contributed by atoms with Crippen molar-refractivity contribution in [2.45, 2.75) is 45.1 Å². The van der Waals surface area contributed by atoms with Crippen LogP contribution >= 0.6 is 0 Å². The highest BCUT2D eigenvalue weighted by Gasteiger charge is 2.31. The summed E-state index contributed by atoms with van der Waals surface area (Å²) in [5.41, 5.74) is 3.42. The monoisotopic (exact) mass is 416 g/mol. The second-order valence-corrected chi connectivity index (χ2v) is 8.06. The van der Waals surface area contributed by atoms with Crippen molar-refractivity contribution in [2.24, 2.45) is 5.92 Å². The van der Waals surface area contributed by atoms with Crippen molar-refractivity contribution in [1.29, 1.82) is 0 Å². The fraction of sp³-hybridized carbons (Fsp3) is 0.296. The first-order valence-corrected chi connectivity index (χ1v) is 10.9. The Morgan fingerprint density at radius 1 is 1.00 bits per heavy atom. The molecule has 1 aliphatic carbocycles. The largest absolute Gasteiger partial charge is 0.489 e. The minimum Gasteiger partial charge on any atom is -0.489 e. The van der Waals surface area contributed by atoms with Crippen LogP contribution < -0.4 is 9.47 Å². The molecule has 0 bridgehead atoms. The normalized spacial score (nSPS) is 16.2. The molecule has 2 atom stereocenters. The Hall–Kier alpha value is -3.27. The zero-order valence-electron chi connectivity index (χ0n) is 17.8. The van der Waals surface area contributed by atoms with Gasteiger partial charge < -0.3 is 14.6 Å². The second kappa shape index (κ2) is 9.69. The topological polar surface area (TPSA) is 55.8 Å². The number of carboxylic acids is 1. The molecule has 3 aromatic carbocycles. The van der Waals surface area contributed by atoms with Gasteiger partial charge in [-0.2, -0.15) is 0 Å². The predicted molar refractivity (Wildman–Crippen MR) is 121 cm³/mol. The van der Waals surface area contributed by atoms with Crippen molar-refractivity contribution in [3.63, 3.8) is 0 Å². The van der Waals surface area contributed by atoms with Crippen LogP contribution in [0.15, 0.2) is 72.8 Å². The number of aliphatic carboxylic acids is 1. The van der Waals surface area contributed by atoms with Gasteiger partial charge in [0.15, 0.2) is 0 Å². The number of carboxylic acid groups (broad SMARTS) is 1. The Balaban J connectivity index is 1.44. The van der Waals surface area contributed by atoms with Crippen LogP contribution in [0.1, 0.15) is 48.8 Å². The van der Waals surface area contributed by atoms with Gasteiger partial charge in [0.05, 0.1) is 5.92 Å². The van der Waals surface area contributed by atoms with Crippen LogP contribution in [0.2, 0.25) is 0 Å². The summed E-state index contributed by atoms with van der Waals surface area (Å²) in [4.78, 5) is 11.7. The van der Waals surface area contributed by atoms with Gasteiger partial charge in [0, 0.05) is 0 Å². The maximum absolute atomic E-state index is 11.7. The lowest BCUT2D eigenvalue weighted by molar-refractivity contribution is -0.142. The fourth-order valence-corrected chi connectivity index (χ4v) is 4.46. The predicted octanol–water partition coefficient (Wildman–Crippen LogP) is 6.59. The van der Waals surface area contributed by atoms with Gasteiger partial charge in [-0.05, 0) is 84.7 Å². The minimum absolute atomic E-state index is 0.0899. The summed E-state index contributed by atoms with van der Waals surface area (Å²) in [7, 11) is 0. The van der Waals surface area contributed by atoms with Crippen molar-refractivity contribution in [3.8, 4) is 17.2 Å². The standard InChI is InChI=1S/C27H28O4/c1-2-24(27(28)29)26-13-7-9-20-17-22(14-15-25(20)26)30-18-19-8-6-12-23(16-19)31-21-10-4-3-5-11-21/h3-6,8,10-12,14-17,24,26H,2,7,9,13,18H2,1H3,(H,28,29). The average molecular weight is 417 g/mol. The Morgan fingerprint density at radius 3 is 2.58 bits per heavy atom. The summed E-state index contributed by atoms with van der Waals surface area (Å²) >= 11 is 0. The van der Waals surface area contributed by atoms with E-state index in [4.69, 9.17) is 9.47 Å². The molecule has 4 nitrogen and oxygen atoms in total. The van der Waals surface area contributed by atoms with E-state index in [2.05, 4.69) is 12.1 Å². The smallest absolute Gasteiger partial charge is 0.307 e. The summed E-state index contributed by atoms with van der Waals surface area (Å²) in [5, 5.41) is 9.60. The minimum atomic E-state index is -0.696. The van der Waals surface area contributed by atoms with Crippen molar-refractivity contribution >= 4 is 5.97 Å². The van der Waals surface area contributed by atoms with E-state index in [0.29, 0.717) is 13.0 Å². The van der Waals surface area contributed by atoms with Crippen LogP contribution in [0.25, 0.3) is 0 Å². The molecule has 2 unspecified atom stereocenters. The molecule has 3 aromatic rings. The van der Waals surface area contributed by atoms with E-state index >= 15 is 0 Å². The molecule has 1 aliphatic rings. The maximum Gasteiger partial charge on any atom is 0.307 e. The van der Waals surface area contributed by atoms with Gasteiger partial charge in [-0.3, -0.25) is 4.79 Å². The van der Waals surface area contributed by atoms with E-state index in [-0.39, 0.29) is 11.8 Å². The van der Waals surface area contributed by atoms with Gasteiger partial charge in [-0.15, -0.1) is 0 Å². The Labute approximate surface area is 183 Å². The second-order valence-electron chi connectivity index (χ2n) is 8.06. The molecule has 0 fully saturated rings. The molecular weight excluding hydrogens is 388 g/mol. The molecule has 0 radical (unpaired) electrons. The number of benzene rings is 3. The van der Waals surface area contributed by atoms with E-state index in [1.807, 2.05) is 67.6 Å². The van der Waals surface area contributed by atoms with Crippen LogP contribution in [0.5, 0.6) is 17.2 Å². The Morgan fingerprint density at radius 2 is 1.81 bits per heavy atom. The molecule has 1 N–H and O–H groups in total. The van der Waals surface area contributed by atoms with E-state index in [9.17, 15) is 9.90 Å². The zero-order chi connectivity index (χ0) is 21.6. The lowest BCUT2D eigenvalue weighted by atomic mass is 9.75. The highest BCUT2D eigenvalue weighted by molar-refractivity contribution is 5.71. The van der Waals surface area contributed by atoms with Crippen LogP contribution in [-0.2, 0) is 17.8 Å². The summed E-state index contributed by atoms with van der Waals surface area (Å²) in [6.07, 6.45) is 3.58. The number of aryl methyl sites for hydroxylation is 1. The first-order chi connectivity index (χ1) is 15.1. The Bertz CT molecular complexity index is 1030. The molecular formula is C27H28O4. The van der Waals surface area contributed by atoms with Crippen molar-refractivity contribution in [1.82, 2.24) is 0 Å². The van der Waals surface area contributed by atoms with E-state index in [0.717, 1.165) is 42.1 Å². The van der Waals surface area contributed by atoms with Gasteiger partial charge in [0.2, 0.25) is 0 Å². The molecule has 0 saturated heterocycles. The highest BCUT2D eigenvalue weighted by atomic mass is 16.5. The number of carbonyl (C=O) groups is 1. The number of para-hydroxylation sites is 1. The first kappa shape index (κ1) is 21.0.